The van der Waals surface area contributed by atoms with Crippen LogP contribution in [0.15, 0.2) is 29.3 Å². The van der Waals surface area contributed by atoms with E-state index in [-0.39, 0.29) is 12.1 Å². The molecule has 0 aliphatic rings. The zero-order valence-electron chi connectivity index (χ0n) is 13.1. The monoisotopic (exact) mass is 301 g/mol. The molecule has 6 heteroatoms. The number of hydrogen-bond donors (Lipinski definition) is 1. The normalized spacial score (nSPS) is 11.5. The van der Waals surface area contributed by atoms with Crippen molar-refractivity contribution in [3.63, 3.8) is 0 Å². The largest absolute Gasteiger partial charge is 0.442 e. The standard InChI is InChI=1S/C16H19N3O3/c1-16(2,3)22-15(21)19-13(14(20)18-4)9-11-5-7-12(10-17)8-6-11/h5-8H,9H2,1-4H3,(H,18,20). The number of aliphatic imine (C=N–C) groups is 1. The summed E-state index contributed by atoms with van der Waals surface area (Å²) in [6, 6.07) is 8.73. The molecule has 2 amide bonds. The fourth-order valence-corrected chi connectivity index (χ4v) is 1.60. The van der Waals surface area contributed by atoms with Crippen LogP contribution in [0.3, 0.4) is 0 Å². The molecule has 0 saturated carbocycles. The summed E-state index contributed by atoms with van der Waals surface area (Å²) in [5.41, 5.74) is 0.670. The van der Waals surface area contributed by atoms with Gasteiger partial charge in [0, 0.05) is 13.5 Å². The molecule has 0 aliphatic carbocycles. The Hall–Kier alpha value is -2.68. The lowest BCUT2D eigenvalue weighted by molar-refractivity contribution is -0.114. The van der Waals surface area contributed by atoms with Gasteiger partial charge in [-0.05, 0) is 38.5 Å². The fraction of sp³-hybridized carbons (Fsp3) is 0.375. The topological polar surface area (TPSA) is 91.5 Å². The van der Waals surface area contributed by atoms with Crippen LogP contribution in [0.1, 0.15) is 31.9 Å². The number of nitriles is 1. The third-order valence-electron chi connectivity index (χ3n) is 2.56. The van der Waals surface area contributed by atoms with Crippen molar-refractivity contribution in [2.45, 2.75) is 32.8 Å². The van der Waals surface area contributed by atoms with E-state index in [2.05, 4.69) is 10.3 Å². The van der Waals surface area contributed by atoms with Crippen molar-refractivity contribution in [1.82, 2.24) is 5.32 Å². The summed E-state index contributed by atoms with van der Waals surface area (Å²) in [5.74, 6) is -0.449. The van der Waals surface area contributed by atoms with E-state index < -0.39 is 17.6 Å². The predicted molar refractivity (Wildman–Crippen MR) is 82.6 cm³/mol. The molecular weight excluding hydrogens is 282 g/mol. The molecule has 1 N–H and O–H groups in total. The molecule has 0 unspecified atom stereocenters. The van der Waals surface area contributed by atoms with Crippen LogP contribution >= 0.6 is 0 Å². The Morgan fingerprint density at radius 3 is 2.32 bits per heavy atom. The van der Waals surface area contributed by atoms with Gasteiger partial charge in [0.1, 0.15) is 11.3 Å². The second-order valence-corrected chi connectivity index (χ2v) is 5.60. The van der Waals surface area contributed by atoms with Crippen molar-refractivity contribution >= 4 is 17.7 Å². The van der Waals surface area contributed by atoms with Crippen LogP contribution in [0.4, 0.5) is 4.79 Å². The van der Waals surface area contributed by atoms with E-state index in [4.69, 9.17) is 10.00 Å². The highest BCUT2D eigenvalue weighted by molar-refractivity contribution is 6.40. The molecule has 0 aromatic heterocycles. The summed E-state index contributed by atoms with van der Waals surface area (Å²) in [5, 5.41) is 11.2. The molecule has 116 valence electrons. The average Bonchev–Trinajstić information content (AvgIpc) is 2.44. The third kappa shape index (κ3) is 5.75. The Labute approximate surface area is 129 Å². The van der Waals surface area contributed by atoms with Crippen LogP contribution in [0.2, 0.25) is 0 Å². The Balaban J connectivity index is 2.95. The summed E-state index contributed by atoms with van der Waals surface area (Å²) in [6.45, 7) is 5.17. The van der Waals surface area contributed by atoms with E-state index in [1.165, 1.54) is 7.05 Å². The van der Waals surface area contributed by atoms with Crippen molar-refractivity contribution < 1.29 is 14.3 Å². The Kier molecular flexibility index (Phi) is 5.81. The van der Waals surface area contributed by atoms with Gasteiger partial charge in [0.15, 0.2) is 0 Å². The van der Waals surface area contributed by atoms with Gasteiger partial charge in [-0.1, -0.05) is 12.1 Å². The summed E-state index contributed by atoms with van der Waals surface area (Å²) >= 11 is 0. The molecular formula is C16H19N3O3. The summed E-state index contributed by atoms with van der Waals surface area (Å²) in [4.78, 5) is 27.3. The van der Waals surface area contributed by atoms with Crippen LogP contribution in [0.25, 0.3) is 0 Å². The Morgan fingerprint density at radius 1 is 1.27 bits per heavy atom. The zero-order chi connectivity index (χ0) is 16.8. The molecule has 0 saturated heterocycles. The van der Waals surface area contributed by atoms with Gasteiger partial charge in [0.2, 0.25) is 0 Å². The van der Waals surface area contributed by atoms with Crippen molar-refractivity contribution in [1.29, 1.82) is 5.26 Å². The number of benzene rings is 1. The van der Waals surface area contributed by atoms with Gasteiger partial charge in [0.05, 0.1) is 11.6 Å². The predicted octanol–water partition coefficient (Wildman–Crippen LogP) is 2.22. The fourth-order valence-electron chi connectivity index (χ4n) is 1.60. The summed E-state index contributed by atoms with van der Waals surface area (Å²) in [6.07, 6.45) is -0.635. The molecule has 0 aliphatic heterocycles. The first-order valence-electron chi connectivity index (χ1n) is 6.77. The molecule has 0 atom stereocenters. The first kappa shape index (κ1) is 17.4. The number of carbonyl (C=O) groups excluding carboxylic acids is 2. The molecule has 22 heavy (non-hydrogen) atoms. The van der Waals surface area contributed by atoms with E-state index >= 15 is 0 Å². The van der Waals surface area contributed by atoms with Crippen LogP contribution in [-0.4, -0.2) is 30.4 Å². The number of nitrogens with zero attached hydrogens (tertiary/aromatic N) is 2. The molecule has 1 rings (SSSR count). The maximum atomic E-state index is 11.8. The summed E-state index contributed by atoms with van der Waals surface area (Å²) < 4.78 is 5.09. The van der Waals surface area contributed by atoms with E-state index in [1.54, 1.807) is 45.0 Å². The molecule has 0 radical (unpaired) electrons. The molecule has 0 heterocycles. The van der Waals surface area contributed by atoms with Crippen molar-refractivity contribution in [3.05, 3.63) is 35.4 Å². The van der Waals surface area contributed by atoms with E-state index in [1.807, 2.05) is 6.07 Å². The van der Waals surface area contributed by atoms with Crippen LogP contribution in [0, 0.1) is 11.3 Å². The SMILES string of the molecule is CNC(=O)C(Cc1ccc(C#N)cc1)=NC(=O)OC(C)(C)C. The van der Waals surface area contributed by atoms with Gasteiger partial charge < -0.3 is 10.1 Å². The molecule has 0 bridgehead atoms. The number of hydrogen-bond acceptors (Lipinski definition) is 4. The number of nitrogens with one attached hydrogen (secondary N) is 1. The number of ether oxygens (including phenoxy) is 1. The Morgan fingerprint density at radius 2 is 1.86 bits per heavy atom. The van der Waals surface area contributed by atoms with E-state index in [9.17, 15) is 9.59 Å². The van der Waals surface area contributed by atoms with Gasteiger partial charge in [-0.15, -0.1) is 0 Å². The average molecular weight is 301 g/mol. The summed E-state index contributed by atoms with van der Waals surface area (Å²) in [7, 11) is 1.46. The van der Waals surface area contributed by atoms with Crippen molar-refractivity contribution in [3.8, 4) is 6.07 Å². The third-order valence-corrected chi connectivity index (χ3v) is 2.56. The lowest BCUT2D eigenvalue weighted by atomic mass is 10.1. The van der Waals surface area contributed by atoms with E-state index in [0.717, 1.165) is 5.56 Å². The van der Waals surface area contributed by atoms with Gasteiger partial charge in [-0.3, -0.25) is 4.79 Å². The van der Waals surface area contributed by atoms with Crippen molar-refractivity contribution in [2.24, 2.45) is 4.99 Å². The first-order valence-corrected chi connectivity index (χ1v) is 6.77. The minimum absolute atomic E-state index is 0.0569. The van der Waals surface area contributed by atoms with Gasteiger partial charge in [-0.25, -0.2) is 4.79 Å². The first-order chi connectivity index (χ1) is 10.2. The Bertz CT molecular complexity index is 620. The van der Waals surface area contributed by atoms with Crippen LogP contribution in [0.5, 0.6) is 0 Å². The quantitative estimate of drug-likeness (QED) is 0.866. The second-order valence-electron chi connectivity index (χ2n) is 5.60. The second kappa shape index (κ2) is 7.36. The van der Waals surface area contributed by atoms with Crippen LogP contribution < -0.4 is 5.32 Å². The highest BCUT2D eigenvalue weighted by Crippen LogP contribution is 2.10. The van der Waals surface area contributed by atoms with Gasteiger partial charge >= 0.3 is 6.09 Å². The molecule has 1 aromatic rings. The molecule has 0 spiro atoms. The highest BCUT2D eigenvalue weighted by Gasteiger charge is 2.18. The van der Waals surface area contributed by atoms with Gasteiger partial charge in [-0.2, -0.15) is 10.3 Å². The van der Waals surface area contributed by atoms with Gasteiger partial charge in [0.25, 0.3) is 5.91 Å². The lowest BCUT2D eigenvalue weighted by Gasteiger charge is -2.17. The number of rotatable bonds is 3. The highest BCUT2D eigenvalue weighted by atomic mass is 16.6. The van der Waals surface area contributed by atoms with Crippen LogP contribution in [-0.2, 0) is 16.0 Å². The maximum absolute atomic E-state index is 11.8. The molecule has 6 nitrogen and oxygen atoms in total. The van der Waals surface area contributed by atoms with Crippen molar-refractivity contribution in [2.75, 3.05) is 7.05 Å². The minimum Gasteiger partial charge on any atom is -0.442 e. The number of carbonyl (C=O) groups is 2. The minimum atomic E-state index is -0.806. The lowest BCUT2D eigenvalue weighted by Crippen LogP contribution is -2.31. The zero-order valence-corrected chi connectivity index (χ0v) is 13.1. The maximum Gasteiger partial charge on any atom is 0.434 e. The number of amides is 2. The molecule has 1 aromatic carbocycles. The van der Waals surface area contributed by atoms with E-state index in [0.29, 0.717) is 5.56 Å². The smallest absolute Gasteiger partial charge is 0.434 e. The molecule has 0 fully saturated rings.